The fourth-order valence-corrected chi connectivity index (χ4v) is 1.19. The van der Waals surface area contributed by atoms with Crippen LogP contribution in [0.3, 0.4) is 0 Å². The first kappa shape index (κ1) is 7.03. The molecule has 0 saturated carbocycles. The molecule has 1 aliphatic rings. The Bertz CT molecular complexity index is 342. The van der Waals surface area contributed by atoms with Crippen molar-refractivity contribution in [3.05, 3.63) is 23.8 Å². The van der Waals surface area contributed by atoms with E-state index in [0.29, 0.717) is 17.9 Å². The van der Waals surface area contributed by atoms with Crippen LogP contribution in [0.15, 0.2) is 18.2 Å². The van der Waals surface area contributed by atoms with Crippen molar-refractivity contribution in [2.75, 3.05) is 6.61 Å². The second-order valence-corrected chi connectivity index (χ2v) is 2.59. The maximum atomic E-state index is 9.35. The lowest BCUT2D eigenvalue weighted by Crippen LogP contribution is -1.99. The van der Waals surface area contributed by atoms with E-state index in [9.17, 15) is 5.11 Å². The summed E-state index contributed by atoms with van der Waals surface area (Å²) in [6.07, 6.45) is 3.58. The molecule has 3 nitrogen and oxygen atoms in total. The Morgan fingerprint density at radius 2 is 2.08 bits per heavy atom. The van der Waals surface area contributed by atoms with Gasteiger partial charge in [-0.1, -0.05) is 0 Å². The lowest BCUT2D eigenvalue weighted by Gasteiger charge is -2.13. The molecule has 0 aromatic heterocycles. The van der Waals surface area contributed by atoms with Crippen molar-refractivity contribution in [2.24, 2.45) is 0 Å². The molecule has 0 atom stereocenters. The van der Waals surface area contributed by atoms with E-state index >= 15 is 0 Å². The van der Waals surface area contributed by atoms with E-state index in [4.69, 9.17) is 9.84 Å². The van der Waals surface area contributed by atoms with Gasteiger partial charge < -0.3 is 14.9 Å². The average molecular weight is 164 g/mol. The topological polar surface area (TPSA) is 49.7 Å². The molecule has 12 heavy (non-hydrogen) atoms. The summed E-state index contributed by atoms with van der Waals surface area (Å²) in [6, 6.07) is 2.77. The van der Waals surface area contributed by atoms with E-state index in [1.165, 1.54) is 12.1 Å². The zero-order valence-corrected chi connectivity index (χ0v) is 6.32. The predicted octanol–water partition coefficient (Wildman–Crippen LogP) is 1.50. The molecule has 0 amide bonds. The second-order valence-electron chi connectivity index (χ2n) is 2.59. The summed E-state index contributed by atoms with van der Waals surface area (Å²) in [4.78, 5) is 0. The molecule has 2 rings (SSSR count). The summed E-state index contributed by atoms with van der Waals surface area (Å²) < 4.78 is 5.18. The first-order valence-corrected chi connectivity index (χ1v) is 3.62. The largest absolute Gasteiger partial charge is 0.508 e. The Labute approximate surface area is 69.5 Å². The minimum Gasteiger partial charge on any atom is -0.508 e. The van der Waals surface area contributed by atoms with Gasteiger partial charge in [0.15, 0.2) is 0 Å². The Balaban J connectivity index is 2.62. The van der Waals surface area contributed by atoms with Crippen LogP contribution >= 0.6 is 0 Å². The summed E-state index contributed by atoms with van der Waals surface area (Å²) in [6.45, 7) is 0.482. The van der Waals surface area contributed by atoms with Gasteiger partial charge in [-0.05, 0) is 12.2 Å². The standard InChI is InChI=1S/C9H8O3/c10-6-4-8(11)7-2-1-3-12-9(7)5-6/h1-2,4-5,10-11H,3H2. The van der Waals surface area contributed by atoms with Crippen molar-refractivity contribution >= 4 is 6.08 Å². The van der Waals surface area contributed by atoms with Gasteiger partial charge in [0.25, 0.3) is 0 Å². The number of hydrogen-bond acceptors (Lipinski definition) is 3. The van der Waals surface area contributed by atoms with E-state index in [-0.39, 0.29) is 11.5 Å². The molecule has 62 valence electrons. The Hall–Kier alpha value is -1.64. The normalized spacial score (nSPS) is 13.7. The first-order chi connectivity index (χ1) is 5.77. The highest BCUT2D eigenvalue weighted by Gasteiger charge is 2.11. The molecular weight excluding hydrogens is 156 g/mol. The Kier molecular flexibility index (Phi) is 1.43. The van der Waals surface area contributed by atoms with Crippen molar-refractivity contribution in [1.82, 2.24) is 0 Å². The molecule has 1 heterocycles. The van der Waals surface area contributed by atoms with Gasteiger partial charge in [0.2, 0.25) is 0 Å². The van der Waals surface area contributed by atoms with Gasteiger partial charge in [-0.25, -0.2) is 0 Å². The van der Waals surface area contributed by atoms with Crippen LogP contribution in [0.5, 0.6) is 17.2 Å². The quantitative estimate of drug-likeness (QED) is 0.611. The van der Waals surface area contributed by atoms with Crippen LogP contribution in [0.1, 0.15) is 5.56 Å². The highest BCUT2D eigenvalue weighted by molar-refractivity contribution is 5.67. The van der Waals surface area contributed by atoms with Crippen LogP contribution in [0.25, 0.3) is 6.08 Å². The molecule has 1 aromatic carbocycles. The predicted molar refractivity (Wildman–Crippen MR) is 44.3 cm³/mol. The number of aromatic hydroxyl groups is 2. The zero-order valence-electron chi connectivity index (χ0n) is 6.32. The van der Waals surface area contributed by atoms with Gasteiger partial charge in [0, 0.05) is 12.1 Å². The van der Waals surface area contributed by atoms with E-state index in [1.54, 1.807) is 12.2 Å². The molecule has 0 radical (unpaired) electrons. The number of benzene rings is 1. The maximum Gasteiger partial charge on any atom is 0.134 e. The van der Waals surface area contributed by atoms with Crippen molar-refractivity contribution in [2.45, 2.75) is 0 Å². The third-order valence-corrected chi connectivity index (χ3v) is 1.72. The van der Waals surface area contributed by atoms with E-state index in [2.05, 4.69) is 0 Å². The fraction of sp³-hybridized carbons (Fsp3) is 0.111. The maximum absolute atomic E-state index is 9.35. The van der Waals surface area contributed by atoms with Gasteiger partial charge >= 0.3 is 0 Å². The summed E-state index contributed by atoms with van der Waals surface area (Å²) >= 11 is 0. The van der Waals surface area contributed by atoms with Crippen molar-refractivity contribution < 1.29 is 14.9 Å². The number of fused-ring (bicyclic) bond motifs is 1. The number of phenolic OH excluding ortho intramolecular Hbond substituents is 2. The van der Waals surface area contributed by atoms with Gasteiger partial charge in [-0.3, -0.25) is 0 Å². The molecule has 0 fully saturated rings. The van der Waals surface area contributed by atoms with E-state index < -0.39 is 0 Å². The minimum absolute atomic E-state index is 0.0153. The number of hydrogen-bond donors (Lipinski definition) is 2. The van der Waals surface area contributed by atoms with Gasteiger partial charge in [-0.15, -0.1) is 0 Å². The molecule has 0 aliphatic carbocycles. The number of phenols is 2. The monoisotopic (exact) mass is 164 g/mol. The van der Waals surface area contributed by atoms with Crippen LogP contribution in [0, 0.1) is 0 Å². The Morgan fingerprint density at radius 3 is 2.92 bits per heavy atom. The van der Waals surface area contributed by atoms with E-state index in [1.807, 2.05) is 0 Å². The fourth-order valence-electron chi connectivity index (χ4n) is 1.19. The first-order valence-electron chi connectivity index (χ1n) is 3.62. The van der Waals surface area contributed by atoms with Gasteiger partial charge in [0.05, 0.1) is 5.56 Å². The van der Waals surface area contributed by atoms with Crippen LogP contribution in [0.2, 0.25) is 0 Å². The van der Waals surface area contributed by atoms with Crippen molar-refractivity contribution in [3.63, 3.8) is 0 Å². The third-order valence-electron chi connectivity index (χ3n) is 1.72. The summed E-state index contributed by atoms with van der Waals surface area (Å²) in [5.74, 6) is 0.581. The van der Waals surface area contributed by atoms with Crippen LogP contribution in [-0.2, 0) is 0 Å². The smallest absolute Gasteiger partial charge is 0.134 e. The molecule has 1 aromatic rings. The van der Waals surface area contributed by atoms with Crippen molar-refractivity contribution in [1.29, 1.82) is 0 Å². The lowest BCUT2D eigenvalue weighted by atomic mass is 10.1. The molecule has 0 saturated heterocycles. The third kappa shape index (κ3) is 0.993. The van der Waals surface area contributed by atoms with E-state index in [0.717, 1.165) is 0 Å². The highest BCUT2D eigenvalue weighted by Crippen LogP contribution is 2.35. The Morgan fingerprint density at radius 1 is 1.25 bits per heavy atom. The van der Waals surface area contributed by atoms with Crippen LogP contribution in [-0.4, -0.2) is 16.8 Å². The average Bonchev–Trinajstić information content (AvgIpc) is 2.04. The van der Waals surface area contributed by atoms with Gasteiger partial charge in [0.1, 0.15) is 23.9 Å². The number of rotatable bonds is 0. The van der Waals surface area contributed by atoms with Crippen LogP contribution < -0.4 is 4.74 Å². The lowest BCUT2D eigenvalue weighted by molar-refractivity contribution is 0.350. The second kappa shape index (κ2) is 2.44. The number of ether oxygens (including phenoxy) is 1. The van der Waals surface area contributed by atoms with Crippen LogP contribution in [0.4, 0.5) is 0 Å². The molecule has 3 heteroatoms. The molecule has 2 N–H and O–H groups in total. The van der Waals surface area contributed by atoms with Crippen molar-refractivity contribution in [3.8, 4) is 17.2 Å². The summed E-state index contributed by atoms with van der Waals surface area (Å²) in [5, 5.41) is 18.5. The zero-order chi connectivity index (χ0) is 8.55. The molecule has 0 unspecified atom stereocenters. The molecule has 0 bridgehead atoms. The summed E-state index contributed by atoms with van der Waals surface area (Å²) in [7, 11) is 0. The summed E-state index contributed by atoms with van der Waals surface area (Å²) in [5.41, 5.74) is 0.624. The SMILES string of the molecule is Oc1cc(O)c2c(c1)OCC=C2. The molecule has 1 aliphatic heterocycles. The minimum atomic E-state index is 0.0153. The highest BCUT2D eigenvalue weighted by atomic mass is 16.5. The molecule has 0 spiro atoms. The van der Waals surface area contributed by atoms with Gasteiger partial charge in [-0.2, -0.15) is 0 Å². The molecular formula is C9H8O3.